The van der Waals surface area contributed by atoms with Gasteiger partial charge >= 0.3 is 17.9 Å². The summed E-state index contributed by atoms with van der Waals surface area (Å²) in [5, 5.41) is 0. The molecule has 0 N–H and O–H groups in total. The molecule has 0 aliphatic carbocycles. The van der Waals surface area contributed by atoms with Gasteiger partial charge in [-0.05, 0) is 103 Å². The summed E-state index contributed by atoms with van der Waals surface area (Å²) in [5.41, 5.74) is 0. The van der Waals surface area contributed by atoms with Crippen LogP contribution in [0.4, 0.5) is 0 Å². The van der Waals surface area contributed by atoms with Crippen molar-refractivity contribution in [1.29, 1.82) is 0 Å². The second-order valence-corrected chi connectivity index (χ2v) is 21.3. The molecule has 0 aromatic carbocycles. The molecule has 0 saturated carbocycles. The summed E-state index contributed by atoms with van der Waals surface area (Å²) in [5.74, 6) is -0.922. The number of hydrogen-bond donors (Lipinski definition) is 0. The fourth-order valence-electron chi connectivity index (χ4n) is 9.12. The largest absolute Gasteiger partial charge is 0.462 e. The monoisotopic (exact) mass is 1030 g/mol. The lowest BCUT2D eigenvalue weighted by molar-refractivity contribution is -0.167. The van der Waals surface area contributed by atoms with E-state index in [9.17, 15) is 14.4 Å². The van der Waals surface area contributed by atoms with Crippen LogP contribution in [0.3, 0.4) is 0 Å². The predicted molar refractivity (Wildman–Crippen MR) is 321 cm³/mol. The standard InChI is InChI=1S/C68H120O6/c1-4-7-10-13-16-19-22-25-27-28-29-30-31-32-33-34-35-36-37-38-39-40-41-44-46-49-52-55-58-61-67(70)73-64-65(63-72-66(69)60-57-54-51-48-45-42-24-21-18-15-12-9-6-3)74-68(71)62-59-56-53-50-47-43-26-23-20-17-14-11-8-5-2/h9,12,14,17-18,21,23,26,28-29,42,45,65H,4-8,10-11,13,15-16,19-20,22,24-25,27,30-41,43-44,46-64H2,1-3H3/b12-9-,17-14-,21-18-,26-23-,29-28-,45-42-. The second kappa shape index (κ2) is 62.4. The Morgan fingerprint density at radius 3 is 0.892 bits per heavy atom. The van der Waals surface area contributed by atoms with Crippen molar-refractivity contribution < 1.29 is 28.6 Å². The zero-order chi connectivity index (χ0) is 53.6. The maximum absolute atomic E-state index is 12.8. The summed E-state index contributed by atoms with van der Waals surface area (Å²) in [7, 11) is 0. The van der Waals surface area contributed by atoms with E-state index in [1.807, 2.05) is 0 Å². The van der Waals surface area contributed by atoms with Crippen molar-refractivity contribution in [2.24, 2.45) is 0 Å². The maximum atomic E-state index is 12.8. The van der Waals surface area contributed by atoms with Gasteiger partial charge in [-0.15, -0.1) is 0 Å². The van der Waals surface area contributed by atoms with Crippen LogP contribution in [0.25, 0.3) is 0 Å². The van der Waals surface area contributed by atoms with Crippen LogP contribution in [0.1, 0.15) is 323 Å². The lowest BCUT2D eigenvalue weighted by atomic mass is 10.0. The van der Waals surface area contributed by atoms with E-state index in [-0.39, 0.29) is 31.1 Å². The number of unbranched alkanes of at least 4 members (excludes halogenated alkanes) is 35. The minimum Gasteiger partial charge on any atom is -0.462 e. The number of rotatable bonds is 58. The molecule has 0 saturated heterocycles. The van der Waals surface area contributed by atoms with E-state index in [2.05, 4.69) is 93.7 Å². The molecule has 0 fully saturated rings. The zero-order valence-corrected chi connectivity index (χ0v) is 49.1. The third-order valence-corrected chi connectivity index (χ3v) is 13.9. The second-order valence-electron chi connectivity index (χ2n) is 21.3. The van der Waals surface area contributed by atoms with E-state index < -0.39 is 6.10 Å². The van der Waals surface area contributed by atoms with Gasteiger partial charge in [0.05, 0.1) is 0 Å². The van der Waals surface area contributed by atoms with Crippen LogP contribution in [-0.2, 0) is 28.6 Å². The van der Waals surface area contributed by atoms with Gasteiger partial charge < -0.3 is 14.2 Å². The van der Waals surface area contributed by atoms with E-state index in [1.165, 1.54) is 173 Å². The molecule has 0 aliphatic rings. The Morgan fingerprint density at radius 1 is 0.284 bits per heavy atom. The molecule has 6 nitrogen and oxygen atoms in total. The smallest absolute Gasteiger partial charge is 0.306 e. The molecule has 0 aliphatic heterocycles. The molecule has 1 unspecified atom stereocenters. The first-order valence-electron chi connectivity index (χ1n) is 31.9. The van der Waals surface area contributed by atoms with Crippen LogP contribution in [0, 0.1) is 0 Å². The summed E-state index contributed by atoms with van der Waals surface area (Å²) in [6, 6.07) is 0. The molecule has 0 bridgehead atoms. The van der Waals surface area contributed by atoms with Gasteiger partial charge in [-0.2, -0.15) is 0 Å². The van der Waals surface area contributed by atoms with E-state index in [1.54, 1.807) is 0 Å². The summed E-state index contributed by atoms with van der Waals surface area (Å²) < 4.78 is 16.9. The number of carbonyl (C=O) groups excluding carboxylic acids is 3. The zero-order valence-electron chi connectivity index (χ0n) is 49.1. The first kappa shape index (κ1) is 70.8. The molecule has 1 atom stereocenters. The van der Waals surface area contributed by atoms with Gasteiger partial charge in [0.25, 0.3) is 0 Å². The molecular formula is C68H120O6. The Morgan fingerprint density at radius 2 is 0.541 bits per heavy atom. The van der Waals surface area contributed by atoms with Gasteiger partial charge in [-0.3, -0.25) is 14.4 Å². The molecule has 0 amide bonds. The van der Waals surface area contributed by atoms with E-state index >= 15 is 0 Å². The minimum absolute atomic E-state index is 0.0887. The SMILES string of the molecule is CC/C=C\C/C=C\C/C=C\CCCCCC(=O)OCC(COC(=O)CCCCCCCCCCCCCCCCCCC/C=C\CCCCCCCCCC)OC(=O)CCCCCCC/C=C\C/C=C\CCCC. The molecule has 0 rings (SSSR count). The summed E-state index contributed by atoms with van der Waals surface area (Å²) in [6.45, 7) is 6.48. The molecule has 0 heterocycles. The molecule has 6 heteroatoms. The highest BCUT2D eigenvalue weighted by atomic mass is 16.6. The Labute approximate surface area is 459 Å². The fourth-order valence-corrected chi connectivity index (χ4v) is 9.12. The van der Waals surface area contributed by atoms with Gasteiger partial charge in [0.2, 0.25) is 0 Å². The Kier molecular flexibility index (Phi) is 59.7. The molecule has 0 aromatic rings. The van der Waals surface area contributed by atoms with Crippen molar-refractivity contribution in [3.05, 3.63) is 72.9 Å². The van der Waals surface area contributed by atoms with Crippen molar-refractivity contribution in [3.8, 4) is 0 Å². The Bertz CT molecular complexity index is 1370. The first-order chi connectivity index (χ1) is 36.5. The van der Waals surface area contributed by atoms with Crippen LogP contribution < -0.4 is 0 Å². The third-order valence-electron chi connectivity index (χ3n) is 13.9. The van der Waals surface area contributed by atoms with Crippen molar-refractivity contribution >= 4 is 17.9 Å². The average molecular weight is 1030 g/mol. The molecule has 74 heavy (non-hydrogen) atoms. The van der Waals surface area contributed by atoms with E-state index in [0.717, 1.165) is 109 Å². The van der Waals surface area contributed by atoms with Gasteiger partial charge in [0, 0.05) is 19.3 Å². The number of ether oxygens (including phenoxy) is 3. The molecular weight excluding hydrogens is 913 g/mol. The number of carbonyl (C=O) groups is 3. The summed E-state index contributed by atoms with van der Waals surface area (Å²) in [6.07, 6.45) is 80.7. The van der Waals surface area contributed by atoms with E-state index in [0.29, 0.717) is 19.3 Å². The van der Waals surface area contributed by atoms with Crippen LogP contribution in [0.5, 0.6) is 0 Å². The lowest BCUT2D eigenvalue weighted by Crippen LogP contribution is -2.30. The van der Waals surface area contributed by atoms with Gasteiger partial charge in [-0.1, -0.05) is 273 Å². The summed E-state index contributed by atoms with van der Waals surface area (Å²) in [4.78, 5) is 38.2. The van der Waals surface area contributed by atoms with Crippen LogP contribution in [0.2, 0.25) is 0 Å². The molecule has 0 spiro atoms. The molecule has 0 aromatic heterocycles. The number of hydrogen-bond acceptors (Lipinski definition) is 6. The molecule has 0 radical (unpaired) electrons. The van der Waals surface area contributed by atoms with Crippen LogP contribution >= 0.6 is 0 Å². The Balaban J connectivity index is 4.19. The maximum Gasteiger partial charge on any atom is 0.306 e. The highest BCUT2D eigenvalue weighted by Gasteiger charge is 2.19. The highest BCUT2D eigenvalue weighted by Crippen LogP contribution is 2.17. The van der Waals surface area contributed by atoms with E-state index in [4.69, 9.17) is 14.2 Å². The summed E-state index contributed by atoms with van der Waals surface area (Å²) >= 11 is 0. The van der Waals surface area contributed by atoms with Gasteiger partial charge in [0.1, 0.15) is 13.2 Å². The predicted octanol–water partition coefficient (Wildman–Crippen LogP) is 21.7. The highest BCUT2D eigenvalue weighted by molar-refractivity contribution is 5.71. The normalized spacial score (nSPS) is 12.5. The third kappa shape index (κ3) is 59.7. The average Bonchev–Trinajstić information content (AvgIpc) is 3.40. The van der Waals surface area contributed by atoms with Crippen LogP contribution in [0.15, 0.2) is 72.9 Å². The van der Waals surface area contributed by atoms with Crippen LogP contribution in [-0.4, -0.2) is 37.2 Å². The molecule has 428 valence electrons. The minimum atomic E-state index is -0.794. The fraction of sp³-hybridized carbons (Fsp3) is 0.779. The van der Waals surface area contributed by atoms with Gasteiger partial charge in [-0.25, -0.2) is 0 Å². The topological polar surface area (TPSA) is 78.9 Å². The van der Waals surface area contributed by atoms with Crippen molar-refractivity contribution in [2.45, 2.75) is 329 Å². The van der Waals surface area contributed by atoms with Gasteiger partial charge in [0.15, 0.2) is 6.10 Å². The number of esters is 3. The van der Waals surface area contributed by atoms with Crippen molar-refractivity contribution in [2.75, 3.05) is 13.2 Å². The quantitative estimate of drug-likeness (QED) is 0.0261. The lowest BCUT2D eigenvalue weighted by Gasteiger charge is -2.18. The van der Waals surface area contributed by atoms with Crippen molar-refractivity contribution in [1.82, 2.24) is 0 Å². The van der Waals surface area contributed by atoms with Crippen molar-refractivity contribution in [3.63, 3.8) is 0 Å². The Hall–Kier alpha value is -3.15. The first-order valence-corrected chi connectivity index (χ1v) is 31.9. The number of allylic oxidation sites excluding steroid dienone is 12.